The van der Waals surface area contributed by atoms with Crippen molar-refractivity contribution < 1.29 is 9.21 Å². The first kappa shape index (κ1) is 25.9. The lowest BCUT2D eigenvalue weighted by Crippen LogP contribution is -2.13. The minimum atomic E-state index is -0.723. The Kier molecular flexibility index (Phi) is 13.3. The summed E-state index contributed by atoms with van der Waals surface area (Å²) in [7, 11) is 0. The Hall–Kier alpha value is -3.35. The molecule has 148 valence electrons. The number of nitrogens with one attached hydrogen (secondary N) is 1. The van der Waals surface area contributed by atoms with Gasteiger partial charge in [0, 0.05) is 5.69 Å². The average molecular weight is 375 g/mol. The summed E-state index contributed by atoms with van der Waals surface area (Å²) in [5, 5.41) is 0.386. The highest BCUT2D eigenvalue weighted by Gasteiger charge is 2.01. The first-order valence-electron chi connectivity index (χ1n) is 8.25. The molecular formula is C20H29N3O4. The van der Waals surface area contributed by atoms with Crippen LogP contribution in [0.25, 0.3) is 10.9 Å². The van der Waals surface area contributed by atoms with E-state index in [4.69, 9.17) is 11.5 Å². The molecule has 0 fully saturated rings. The normalized spacial score (nSPS) is 8.44. The van der Waals surface area contributed by atoms with Crippen LogP contribution >= 0.6 is 0 Å². The topological polar surface area (TPSA) is 132 Å². The van der Waals surface area contributed by atoms with Crippen LogP contribution in [-0.2, 0) is 0 Å². The van der Waals surface area contributed by atoms with E-state index in [0.717, 1.165) is 0 Å². The molecule has 0 unspecified atom stereocenters. The number of para-hydroxylation sites is 2. The number of fused-ring (bicyclic) bond motifs is 1. The molecule has 3 rings (SSSR count). The van der Waals surface area contributed by atoms with E-state index in [2.05, 4.69) is 9.40 Å². The minimum absolute atomic E-state index is 0. The highest BCUT2D eigenvalue weighted by molar-refractivity contribution is 5.97. The van der Waals surface area contributed by atoms with Crippen molar-refractivity contribution in [3.63, 3.8) is 0 Å². The number of rotatable bonds is 1. The maximum absolute atomic E-state index is 11.0. The van der Waals surface area contributed by atoms with Crippen molar-refractivity contribution in [3.05, 3.63) is 75.1 Å². The van der Waals surface area contributed by atoms with Gasteiger partial charge in [0.15, 0.2) is 0 Å². The van der Waals surface area contributed by atoms with Gasteiger partial charge in [0.1, 0.15) is 0 Å². The molecule has 1 amide bonds. The number of hydrogen-bond acceptors (Lipinski definition) is 5. The Morgan fingerprint density at radius 1 is 0.926 bits per heavy atom. The Bertz CT molecular complexity index is 930. The van der Waals surface area contributed by atoms with Gasteiger partial charge in [-0.2, -0.15) is 0 Å². The number of benzene rings is 2. The largest absolute Gasteiger partial charge is 0.419 e. The van der Waals surface area contributed by atoms with Gasteiger partial charge in [0.2, 0.25) is 0 Å². The Morgan fingerprint density at radius 3 is 1.96 bits per heavy atom. The molecule has 1 aromatic heterocycles. The van der Waals surface area contributed by atoms with Gasteiger partial charge in [-0.3, -0.25) is 9.78 Å². The monoisotopic (exact) mass is 375 g/mol. The van der Waals surface area contributed by atoms with Crippen molar-refractivity contribution in [1.82, 2.24) is 4.98 Å². The number of hydrogen-bond donors (Lipinski definition) is 3. The molecule has 7 heteroatoms. The third kappa shape index (κ3) is 8.04. The number of carbonyl (C=O) groups is 1. The van der Waals surface area contributed by atoms with Gasteiger partial charge in [0.25, 0.3) is 5.91 Å². The third-order valence-corrected chi connectivity index (χ3v) is 2.80. The lowest BCUT2D eigenvalue weighted by Gasteiger charge is -1.97. The van der Waals surface area contributed by atoms with E-state index in [1.54, 1.807) is 48.5 Å². The summed E-state index contributed by atoms with van der Waals surface area (Å²) in [5.41, 5.74) is 11.1. The Morgan fingerprint density at radius 2 is 1.44 bits per heavy atom. The number of H-pyrrole nitrogens is 1. The summed E-state index contributed by atoms with van der Waals surface area (Å²) in [6.07, 6.45) is 0. The van der Waals surface area contributed by atoms with Gasteiger partial charge in [-0.05, 0) is 24.3 Å². The summed E-state index contributed by atoms with van der Waals surface area (Å²) in [5.74, 6) is -1.21. The molecule has 2 aromatic carbocycles. The molecule has 0 saturated heterocycles. The number of aromatic nitrogens is 1. The fourth-order valence-electron chi connectivity index (χ4n) is 1.77. The predicted molar refractivity (Wildman–Crippen MR) is 112 cm³/mol. The number of aromatic amines is 1. The molecule has 5 N–H and O–H groups in total. The standard InChI is InChI=1S/C8H5NO3.C7H8N2O.2C2H6.CH4/c10-7-5-3-1-2-4-6(5)9-8(11)12-7;8-6-4-2-1-3-5(6)7(9)10;2*1-2;/h1-4H,(H,9,11);1-4H,8H2,(H2,9,10);2*1-2H3;1H4. The van der Waals surface area contributed by atoms with Crippen molar-refractivity contribution in [2.45, 2.75) is 35.1 Å². The maximum atomic E-state index is 11.0. The quantitative estimate of drug-likeness (QED) is 0.560. The average Bonchev–Trinajstić information content (AvgIpc) is 2.65. The molecule has 0 aliphatic rings. The molecular weight excluding hydrogens is 346 g/mol. The van der Waals surface area contributed by atoms with Crippen LogP contribution < -0.4 is 22.8 Å². The maximum Gasteiger partial charge on any atom is 0.419 e. The predicted octanol–water partition coefficient (Wildman–Crippen LogP) is 3.54. The fourth-order valence-corrected chi connectivity index (χ4v) is 1.77. The molecule has 0 aliphatic heterocycles. The van der Waals surface area contributed by atoms with E-state index < -0.39 is 17.3 Å². The van der Waals surface area contributed by atoms with Crippen LogP contribution in [0.4, 0.5) is 5.69 Å². The Balaban J connectivity index is 0. The van der Waals surface area contributed by atoms with Crippen molar-refractivity contribution >= 4 is 22.5 Å². The van der Waals surface area contributed by atoms with E-state index in [-0.39, 0.29) is 7.43 Å². The second-order valence-electron chi connectivity index (χ2n) is 4.30. The zero-order chi connectivity index (χ0) is 20.1. The molecule has 0 radical (unpaired) electrons. The van der Waals surface area contributed by atoms with Gasteiger partial charge in [-0.25, -0.2) is 9.59 Å². The molecule has 0 aliphatic carbocycles. The second-order valence-corrected chi connectivity index (χ2v) is 4.30. The first-order chi connectivity index (χ1) is 12.5. The number of nitrogen functional groups attached to an aromatic ring is 1. The first-order valence-corrected chi connectivity index (χ1v) is 8.25. The lowest BCUT2D eigenvalue weighted by molar-refractivity contribution is 0.100. The fraction of sp³-hybridized carbons (Fsp3) is 0.250. The van der Waals surface area contributed by atoms with Crippen LogP contribution in [-0.4, -0.2) is 10.9 Å². The minimum Gasteiger partial charge on any atom is -0.398 e. The highest BCUT2D eigenvalue weighted by Crippen LogP contribution is 2.08. The van der Waals surface area contributed by atoms with Crippen LogP contribution in [0.1, 0.15) is 45.5 Å². The van der Waals surface area contributed by atoms with Crippen molar-refractivity contribution in [2.75, 3.05) is 5.73 Å². The number of carbonyl (C=O) groups excluding carboxylic acids is 1. The number of nitrogens with two attached hydrogens (primary N) is 2. The summed E-state index contributed by atoms with van der Waals surface area (Å²) in [6, 6.07) is 13.4. The van der Waals surface area contributed by atoms with E-state index in [1.165, 1.54) is 0 Å². The van der Waals surface area contributed by atoms with Crippen LogP contribution in [0.5, 0.6) is 0 Å². The smallest absolute Gasteiger partial charge is 0.398 e. The SMILES string of the molecule is C.CC.CC.NC(=O)c1ccccc1N.O=c1[nH]c2ccccc2c(=O)o1. The number of amides is 1. The van der Waals surface area contributed by atoms with Gasteiger partial charge in [0.05, 0.1) is 16.5 Å². The highest BCUT2D eigenvalue weighted by atomic mass is 16.4. The molecule has 0 bridgehead atoms. The molecule has 7 nitrogen and oxygen atoms in total. The van der Waals surface area contributed by atoms with Crippen LogP contribution in [0, 0.1) is 0 Å². The van der Waals surface area contributed by atoms with E-state index in [9.17, 15) is 14.4 Å². The van der Waals surface area contributed by atoms with Crippen molar-refractivity contribution in [1.29, 1.82) is 0 Å². The summed E-state index contributed by atoms with van der Waals surface area (Å²) < 4.78 is 4.32. The summed E-state index contributed by atoms with van der Waals surface area (Å²) in [4.78, 5) is 34.7. The molecule has 0 atom stereocenters. The second kappa shape index (κ2) is 13.9. The Labute approximate surface area is 159 Å². The number of primary amides is 1. The van der Waals surface area contributed by atoms with Gasteiger partial charge in [-0.1, -0.05) is 59.4 Å². The van der Waals surface area contributed by atoms with Crippen molar-refractivity contribution in [2.24, 2.45) is 5.73 Å². The lowest BCUT2D eigenvalue weighted by atomic mass is 10.2. The van der Waals surface area contributed by atoms with Gasteiger partial charge < -0.3 is 15.9 Å². The van der Waals surface area contributed by atoms with E-state index in [1.807, 2.05) is 27.7 Å². The molecule has 0 saturated carbocycles. The van der Waals surface area contributed by atoms with Crippen LogP contribution in [0.2, 0.25) is 0 Å². The molecule has 3 aromatic rings. The number of anilines is 1. The van der Waals surface area contributed by atoms with Gasteiger partial charge in [-0.15, -0.1) is 0 Å². The van der Waals surface area contributed by atoms with E-state index in [0.29, 0.717) is 22.2 Å². The summed E-state index contributed by atoms with van der Waals surface area (Å²) in [6.45, 7) is 8.00. The van der Waals surface area contributed by atoms with Crippen molar-refractivity contribution in [3.8, 4) is 0 Å². The summed E-state index contributed by atoms with van der Waals surface area (Å²) >= 11 is 0. The van der Waals surface area contributed by atoms with E-state index >= 15 is 0 Å². The van der Waals surface area contributed by atoms with Gasteiger partial charge >= 0.3 is 11.4 Å². The molecule has 1 heterocycles. The zero-order valence-electron chi connectivity index (χ0n) is 15.4. The molecule has 0 spiro atoms. The van der Waals surface area contributed by atoms with Crippen LogP contribution in [0.3, 0.4) is 0 Å². The molecule has 27 heavy (non-hydrogen) atoms. The zero-order valence-corrected chi connectivity index (χ0v) is 15.4. The van der Waals surface area contributed by atoms with Crippen LogP contribution in [0.15, 0.2) is 62.5 Å². The third-order valence-electron chi connectivity index (χ3n) is 2.80.